The van der Waals surface area contributed by atoms with E-state index in [9.17, 15) is 9.59 Å². The van der Waals surface area contributed by atoms with Gasteiger partial charge in [-0.05, 0) is 23.3 Å². The first-order valence-electron chi connectivity index (χ1n) is 8.73. The summed E-state index contributed by atoms with van der Waals surface area (Å²) in [5, 5.41) is 2.92. The van der Waals surface area contributed by atoms with Crippen molar-refractivity contribution in [2.75, 3.05) is 13.0 Å². The second kappa shape index (κ2) is 8.10. The van der Waals surface area contributed by atoms with E-state index in [0.717, 1.165) is 21.4 Å². The Bertz CT molecular complexity index is 1230. The Morgan fingerprint density at radius 1 is 1.17 bits per heavy atom. The Morgan fingerprint density at radius 2 is 1.90 bits per heavy atom. The number of nitrogen functional groups attached to an aromatic ring is 1. The molecule has 2 aromatic carbocycles. The van der Waals surface area contributed by atoms with Crippen molar-refractivity contribution in [2.45, 2.75) is 10.9 Å². The van der Waals surface area contributed by atoms with Crippen LogP contribution in [0.1, 0.15) is 15.9 Å². The molecule has 0 fully saturated rings. The molecule has 0 aliphatic rings. The molecule has 0 radical (unpaired) electrons. The van der Waals surface area contributed by atoms with E-state index in [4.69, 9.17) is 10.6 Å². The maximum Gasteiger partial charge on any atom is 0.337 e. The zero-order chi connectivity index (χ0) is 20.4. The monoisotopic (exact) mass is 423 g/mol. The summed E-state index contributed by atoms with van der Waals surface area (Å²) in [4.78, 5) is 29.7. The minimum absolute atomic E-state index is 0.265. The number of aromatic nitrogens is 2. The van der Waals surface area contributed by atoms with Gasteiger partial charge >= 0.3 is 5.97 Å². The van der Waals surface area contributed by atoms with Crippen LogP contribution >= 0.6 is 23.1 Å². The van der Waals surface area contributed by atoms with Crippen LogP contribution in [0.15, 0.2) is 69.9 Å². The van der Waals surface area contributed by atoms with Crippen molar-refractivity contribution in [3.8, 4) is 11.1 Å². The average molecular weight is 424 g/mol. The van der Waals surface area contributed by atoms with Gasteiger partial charge in [-0.15, -0.1) is 11.3 Å². The third kappa shape index (κ3) is 3.76. The number of thiophene rings is 1. The number of methoxy groups -OCH3 is 1. The number of rotatable bonds is 5. The van der Waals surface area contributed by atoms with Gasteiger partial charge < -0.3 is 10.6 Å². The van der Waals surface area contributed by atoms with Gasteiger partial charge in [-0.1, -0.05) is 54.2 Å². The SMILES string of the molecule is COC(=O)c1ccc(CSc2nc3scc(-c4ccccc4)c3c(=O)n2N)cc1. The zero-order valence-corrected chi connectivity index (χ0v) is 17.1. The molecule has 0 atom stereocenters. The van der Waals surface area contributed by atoms with Crippen LogP contribution in [0.3, 0.4) is 0 Å². The Morgan fingerprint density at radius 3 is 2.59 bits per heavy atom. The number of ether oxygens (including phenoxy) is 1. The fourth-order valence-corrected chi connectivity index (χ4v) is 4.78. The van der Waals surface area contributed by atoms with E-state index in [1.165, 1.54) is 30.2 Å². The average Bonchev–Trinajstić information content (AvgIpc) is 3.19. The van der Waals surface area contributed by atoms with Gasteiger partial charge in [0.1, 0.15) is 4.83 Å². The predicted molar refractivity (Wildman–Crippen MR) is 117 cm³/mol. The molecule has 2 aromatic heterocycles. The second-order valence-corrected chi connectivity index (χ2v) is 8.04. The Balaban J connectivity index is 1.61. The van der Waals surface area contributed by atoms with Gasteiger partial charge in [0.25, 0.3) is 5.56 Å². The largest absolute Gasteiger partial charge is 0.465 e. The van der Waals surface area contributed by atoms with Gasteiger partial charge in [0.15, 0.2) is 5.16 Å². The molecule has 146 valence electrons. The topological polar surface area (TPSA) is 87.2 Å². The summed E-state index contributed by atoms with van der Waals surface area (Å²) in [7, 11) is 1.35. The lowest BCUT2D eigenvalue weighted by Crippen LogP contribution is -2.29. The van der Waals surface area contributed by atoms with Gasteiger partial charge in [-0.3, -0.25) is 4.79 Å². The van der Waals surface area contributed by atoms with Crippen molar-refractivity contribution in [1.82, 2.24) is 9.66 Å². The number of benzene rings is 2. The van der Waals surface area contributed by atoms with Crippen LogP contribution in [0.25, 0.3) is 21.3 Å². The van der Waals surface area contributed by atoms with E-state index in [2.05, 4.69) is 4.98 Å². The highest BCUT2D eigenvalue weighted by Crippen LogP contribution is 2.32. The second-order valence-electron chi connectivity index (χ2n) is 6.24. The molecule has 4 aromatic rings. The lowest BCUT2D eigenvalue weighted by molar-refractivity contribution is 0.0600. The number of nitrogens with two attached hydrogens (primary N) is 1. The smallest absolute Gasteiger partial charge is 0.337 e. The number of thioether (sulfide) groups is 1. The van der Waals surface area contributed by atoms with Crippen LogP contribution in [0.2, 0.25) is 0 Å². The normalized spacial score (nSPS) is 10.9. The van der Waals surface area contributed by atoms with Crippen LogP contribution in [-0.4, -0.2) is 22.7 Å². The van der Waals surface area contributed by atoms with Crippen molar-refractivity contribution >= 4 is 39.3 Å². The summed E-state index contributed by atoms with van der Waals surface area (Å²) in [5.74, 6) is 6.25. The maximum absolute atomic E-state index is 12.9. The number of nitrogens with zero attached hydrogens (tertiary/aromatic N) is 2. The van der Waals surface area contributed by atoms with E-state index in [1.54, 1.807) is 12.1 Å². The van der Waals surface area contributed by atoms with E-state index in [1.807, 2.05) is 47.8 Å². The van der Waals surface area contributed by atoms with Crippen LogP contribution in [0.4, 0.5) is 0 Å². The number of carbonyl (C=O) groups is 1. The van der Waals surface area contributed by atoms with Crippen molar-refractivity contribution in [3.05, 3.63) is 81.5 Å². The first kappa shape index (κ1) is 19.2. The number of carbonyl (C=O) groups excluding carboxylic acids is 1. The minimum Gasteiger partial charge on any atom is -0.465 e. The molecule has 0 saturated heterocycles. The maximum atomic E-state index is 12.9. The van der Waals surface area contributed by atoms with Crippen LogP contribution < -0.4 is 11.4 Å². The van der Waals surface area contributed by atoms with Crippen LogP contribution in [0.5, 0.6) is 0 Å². The highest BCUT2D eigenvalue weighted by Gasteiger charge is 2.16. The summed E-state index contributed by atoms with van der Waals surface area (Å²) < 4.78 is 5.81. The molecular weight excluding hydrogens is 406 g/mol. The van der Waals surface area contributed by atoms with Crippen LogP contribution in [0, 0.1) is 0 Å². The first-order chi connectivity index (χ1) is 14.1. The first-order valence-corrected chi connectivity index (χ1v) is 10.6. The van der Waals surface area contributed by atoms with Crippen LogP contribution in [-0.2, 0) is 10.5 Å². The molecule has 0 aliphatic carbocycles. The van der Waals surface area contributed by atoms with E-state index >= 15 is 0 Å². The molecule has 0 spiro atoms. The Kier molecular flexibility index (Phi) is 5.37. The zero-order valence-electron chi connectivity index (χ0n) is 15.5. The van der Waals surface area contributed by atoms with Gasteiger partial charge in [-0.25, -0.2) is 14.5 Å². The molecule has 6 nitrogen and oxygen atoms in total. The number of hydrogen-bond acceptors (Lipinski definition) is 7. The summed E-state index contributed by atoms with van der Waals surface area (Å²) in [6.45, 7) is 0. The predicted octanol–water partition coefficient (Wildman–Crippen LogP) is 3.92. The fourth-order valence-electron chi connectivity index (χ4n) is 2.92. The van der Waals surface area contributed by atoms with Gasteiger partial charge in [0, 0.05) is 16.7 Å². The van der Waals surface area contributed by atoms with E-state index in [0.29, 0.717) is 26.7 Å². The fraction of sp³-hybridized carbons (Fsp3) is 0.0952. The third-order valence-electron chi connectivity index (χ3n) is 4.44. The van der Waals surface area contributed by atoms with Gasteiger partial charge in [-0.2, -0.15) is 0 Å². The number of hydrogen-bond donors (Lipinski definition) is 1. The lowest BCUT2D eigenvalue weighted by Gasteiger charge is -2.08. The van der Waals surface area contributed by atoms with Gasteiger partial charge in [0.2, 0.25) is 0 Å². The minimum atomic E-state index is -0.376. The highest BCUT2D eigenvalue weighted by molar-refractivity contribution is 7.98. The van der Waals surface area contributed by atoms with Crippen molar-refractivity contribution in [1.29, 1.82) is 0 Å². The molecular formula is C21H17N3O3S2. The molecule has 8 heteroatoms. The summed E-state index contributed by atoms with van der Waals surface area (Å²) in [5.41, 5.74) is 3.01. The summed E-state index contributed by atoms with van der Waals surface area (Å²) in [6, 6.07) is 16.8. The Hall–Kier alpha value is -3.10. The molecule has 0 aliphatic heterocycles. The Labute approximate surface area is 174 Å². The molecule has 0 amide bonds. The number of esters is 1. The van der Waals surface area contributed by atoms with Crippen molar-refractivity contribution < 1.29 is 9.53 Å². The standard InChI is InChI=1S/C21H17N3O3S2/c1-27-20(26)15-9-7-13(8-10-15)11-29-21-23-18-17(19(25)24(21)22)16(12-28-18)14-5-3-2-4-6-14/h2-10,12H,11,22H2,1H3. The van der Waals surface area contributed by atoms with Gasteiger partial charge in [0.05, 0.1) is 18.1 Å². The molecule has 29 heavy (non-hydrogen) atoms. The van der Waals surface area contributed by atoms with Crippen molar-refractivity contribution in [2.24, 2.45) is 0 Å². The molecule has 0 bridgehead atoms. The number of fused-ring (bicyclic) bond motifs is 1. The van der Waals surface area contributed by atoms with E-state index in [-0.39, 0.29) is 11.5 Å². The molecule has 0 saturated carbocycles. The van der Waals surface area contributed by atoms with Crippen molar-refractivity contribution in [3.63, 3.8) is 0 Å². The molecule has 0 unspecified atom stereocenters. The lowest BCUT2D eigenvalue weighted by atomic mass is 10.1. The molecule has 2 heterocycles. The van der Waals surface area contributed by atoms with E-state index < -0.39 is 0 Å². The highest BCUT2D eigenvalue weighted by atomic mass is 32.2. The molecule has 4 rings (SSSR count). The quantitative estimate of drug-likeness (QED) is 0.227. The summed E-state index contributed by atoms with van der Waals surface area (Å²) in [6.07, 6.45) is 0. The summed E-state index contributed by atoms with van der Waals surface area (Å²) >= 11 is 2.80. The third-order valence-corrected chi connectivity index (χ3v) is 6.33. The molecule has 2 N–H and O–H groups in total.